The molecule has 0 radical (unpaired) electrons. The standard InChI is InChI=1S/C28H39N4P3S3/c1-5-29(6-2)33(36,26-18-12-9-13-19-26)31-24-25-32(35(31,38)28-22-16-11-17-23-28)34(37,30(7-3)8-4)27-20-14-10-15-21-27/h9-23H,5-8,24-25H2,1-4H3. The molecule has 0 aliphatic carbocycles. The minimum atomic E-state index is -2.57. The lowest BCUT2D eigenvalue weighted by molar-refractivity contribution is 0.482. The SMILES string of the molecule is CCN(CC)P(=S)(c1ccccc1)N1CCN(P(=S)(c2ccccc2)N(CC)CC)[P+]1([S-])c1ccccc1. The molecule has 1 fully saturated rings. The van der Waals surface area contributed by atoms with Crippen LogP contribution in [0.15, 0.2) is 91.0 Å². The van der Waals surface area contributed by atoms with E-state index in [1.54, 1.807) is 0 Å². The molecule has 2 unspecified atom stereocenters. The first kappa shape index (κ1) is 30.5. The maximum Gasteiger partial charge on any atom is 0.139 e. The first-order chi connectivity index (χ1) is 18.3. The fourth-order valence-corrected chi connectivity index (χ4v) is 26.0. The van der Waals surface area contributed by atoms with E-state index in [9.17, 15) is 0 Å². The molecule has 0 aromatic heterocycles. The van der Waals surface area contributed by atoms with Crippen molar-refractivity contribution in [2.75, 3.05) is 39.3 Å². The van der Waals surface area contributed by atoms with E-state index in [2.05, 4.69) is 137 Å². The molecule has 3 aromatic rings. The van der Waals surface area contributed by atoms with Gasteiger partial charge < -0.3 is 12.2 Å². The second-order valence-electron chi connectivity index (χ2n) is 9.11. The Morgan fingerprint density at radius 2 is 0.947 bits per heavy atom. The molecule has 38 heavy (non-hydrogen) atoms. The summed E-state index contributed by atoms with van der Waals surface area (Å²) in [7, 11) is 0. The summed E-state index contributed by atoms with van der Waals surface area (Å²) < 4.78 is 10.2. The van der Waals surface area contributed by atoms with E-state index in [4.69, 9.17) is 35.9 Å². The zero-order valence-electron chi connectivity index (χ0n) is 22.8. The molecule has 1 aliphatic rings. The minimum Gasteiger partial charge on any atom is -0.512 e. The minimum absolute atomic E-state index is 0.821. The second-order valence-corrected chi connectivity index (χ2v) is 22.2. The molecule has 0 bridgehead atoms. The first-order valence-electron chi connectivity index (χ1n) is 13.4. The summed E-state index contributed by atoms with van der Waals surface area (Å²) in [4.78, 5) is 0. The van der Waals surface area contributed by atoms with Crippen molar-refractivity contribution in [2.45, 2.75) is 27.7 Å². The Labute approximate surface area is 246 Å². The van der Waals surface area contributed by atoms with E-state index >= 15 is 0 Å². The van der Waals surface area contributed by atoms with Gasteiger partial charge in [0.05, 0.1) is 19.9 Å². The molecule has 0 N–H and O–H groups in total. The molecule has 4 nitrogen and oxygen atoms in total. The predicted molar refractivity (Wildman–Crippen MR) is 180 cm³/mol. The molecule has 1 aliphatic heterocycles. The van der Waals surface area contributed by atoms with Gasteiger partial charge in [-0.05, 0) is 12.1 Å². The maximum absolute atomic E-state index is 7.03. The molecular formula is C28H39N4P3S3. The van der Waals surface area contributed by atoms with Crippen LogP contribution in [0.25, 0.3) is 0 Å². The van der Waals surface area contributed by atoms with Crippen molar-refractivity contribution in [3.63, 3.8) is 0 Å². The third-order valence-electron chi connectivity index (χ3n) is 7.26. The van der Waals surface area contributed by atoms with Gasteiger partial charge in [-0.1, -0.05) is 130 Å². The molecule has 0 amide bonds. The van der Waals surface area contributed by atoms with Crippen LogP contribution in [-0.2, 0) is 35.9 Å². The van der Waals surface area contributed by atoms with Crippen molar-refractivity contribution >= 4 is 71.2 Å². The maximum atomic E-state index is 7.03. The summed E-state index contributed by atoms with van der Waals surface area (Å²) in [6.07, 6.45) is -4.81. The lowest BCUT2D eigenvalue weighted by Crippen LogP contribution is -2.40. The molecule has 10 heteroatoms. The normalized spacial score (nSPS) is 22.0. The van der Waals surface area contributed by atoms with Crippen LogP contribution in [-0.4, -0.2) is 57.5 Å². The Hall–Kier alpha value is -0.420. The molecule has 204 valence electrons. The zero-order chi connectivity index (χ0) is 27.4. The van der Waals surface area contributed by atoms with Gasteiger partial charge in [0.2, 0.25) is 0 Å². The Kier molecular flexibility index (Phi) is 10.5. The van der Waals surface area contributed by atoms with Gasteiger partial charge in [0.15, 0.2) is 0 Å². The van der Waals surface area contributed by atoms with Gasteiger partial charge in [0, 0.05) is 36.8 Å². The van der Waals surface area contributed by atoms with E-state index in [0.29, 0.717) is 0 Å². The lowest BCUT2D eigenvalue weighted by Gasteiger charge is -2.52. The van der Waals surface area contributed by atoms with E-state index in [-0.39, 0.29) is 0 Å². The Morgan fingerprint density at radius 3 is 1.26 bits per heavy atom. The molecule has 1 heterocycles. The van der Waals surface area contributed by atoms with Crippen molar-refractivity contribution in [3.8, 4) is 0 Å². The summed E-state index contributed by atoms with van der Waals surface area (Å²) in [5.41, 5.74) is 0. The Morgan fingerprint density at radius 1 is 0.632 bits per heavy atom. The van der Waals surface area contributed by atoms with Crippen molar-refractivity contribution in [1.29, 1.82) is 0 Å². The van der Waals surface area contributed by atoms with Crippen LogP contribution in [0.1, 0.15) is 27.7 Å². The van der Waals surface area contributed by atoms with Gasteiger partial charge in [0.25, 0.3) is 0 Å². The third-order valence-corrected chi connectivity index (χ3v) is 26.3. The number of hydrogen-bond donors (Lipinski definition) is 0. The quantitative estimate of drug-likeness (QED) is 0.185. The summed E-state index contributed by atoms with van der Waals surface area (Å²) in [5.74, 6) is 0. The summed E-state index contributed by atoms with van der Waals surface area (Å²) in [6, 6.07) is 32.2. The highest BCUT2D eigenvalue weighted by molar-refractivity contribution is 8.47. The van der Waals surface area contributed by atoms with Crippen LogP contribution >= 0.6 is 19.4 Å². The Balaban J connectivity index is 2.02. The van der Waals surface area contributed by atoms with Gasteiger partial charge in [-0.3, -0.25) is 9.34 Å². The number of benzene rings is 3. The highest BCUT2D eigenvalue weighted by Gasteiger charge is 2.59. The number of nitrogens with zero attached hydrogens (tertiary/aromatic N) is 4. The van der Waals surface area contributed by atoms with Gasteiger partial charge in [-0.15, -0.1) is 8.88 Å². The van der Waals surface area contributed by atoms with Crippen LogP contribution in [0.4, 0.5) is 0 Å². The van der Waals surface area contributed by atoms with E-state index in [0.717, 1.165) is 39.3 Å². The predicted octanol–water partition coefficient (Wildman–Crippen LogP) is 6.19. The zero-order valence-corrected chi connectivity index (χ0v) is 27.9. The summed E-state index contributed by atoms with van der Waals surface area (Å²) in [6.45, 7) is 11.5. The van der Waals surface area contributed by atoms with Crippen LogP contribution < -0.4 is 15.9 Å². The van der Waals surface area contributed by atoms with Crippen molar-refractivity contribution in [3.05, 3.63) is 91.0 Å². The fourth-order valence-electron chi connectivity index (χ4n) is 5.40. The smallest absolute Gasteiger partial charge is 0.139 e. The van der Waals surface area contributed by atoms with Gasteiger partial charge in [-0.2, -0.15) is 0 Å². The molecule has 0 spiro atoms. The molecule has 4 rings (SSSR count). The number of rotatable bonds is 11. The highest BCUT2D eigenvalue weighted by atomic mass is 32.7. The van der Waals surface area contributed by atoms with Crippen LogP contribution in [0.5, 0.6) is 0 Å². The largest absolute Gasteiger partial charge is 0.512 e. The Bertz CT molecular complexity index is 1190. The number of hydrogen-bond acceptors (Lipinski definition) is 3. The highest BCUT2D eigenvalue weighted by Crippen LogP contribution is 2.82. The first-order valence-corrected chi connectivity index (χ1v) is 21.5. The lowest BCUT2D eigenvalue weighted by atomic mass is 10.4. The summed E-state index contributed by atoms with van der Waals surface area (Å²) in [5, 5.41) is 3.60. The van der Waals surface area contributed by atoms with E-state index in [1.807, 2.05) is 0 Å². The second kappa shape index (κ2) is 13.0. The molecule has 0 saturated carbocycles. The van der Waals surface area contributed by atoms with Crippen molar-refractivity contribution in [2.24, 2.45) is 0 Å². The van der Waals surface area contributed by atoms with Gasteiger partial charge in [-0.25, -0.2) is 0 Å². The average Bonchev–Trinajstić information content (AvgIpc) is 3.34. The van der Waals surface area contributed by atoms with Crippen molar-refractivity contribution < 1.29 is 0 Å². The molecule has 1 saturated heterocycles. The fraction of sp³-hybridized carbons (Fsp3) is 0.357. The summed E-state index contributed by atoms with van der Waals surface area (Å²) >= 11 is 20.8. The molecular weight excluding hydrogens is 581 g/mol. The van der Waals surface area contributed by atoms with Gasteiger partial charge in [0.1, 0.15) is 18.0 Å². The monoisotopic (exact) mass is 620 g/mol. The van der Waals surface area contributed by atoms with Crippen LogP contribution in [0.3, 0.4) is 0 Å². The van der Waals surface area contributed by atoms with E-state index < -0.39 is 19.4 Å². The van der Waals surface area contributed by atoms with Gasteiger partial charge >= 0.3 is 0 Å². The average molecular weight is 621 g/mol. The van der Waals surface area contributed by atoms with Crippen LogP contribution in [0, 0.1) is 0 Å². The van der Waals surface area contributed by atoms with E-state index in [1.165, 1.54) is 15.9 Å². The third kappa shape index (κ3) is 5.19. The topological polar surface area (TPSA) is 13.0 Å². The van der Waals surface area contributed by atoms with Crippen molar-refractivity contribution in [1.82, 2.24) is 18.2 Å². The van der Waals surface area contributed by atoms with Crippen LogP contribution in [0.2, 0.25) is 0 Å². The molecule has 2 atom stereocenters. The molecule has 3 aromatic carbocycles.